The van der Waals surface area contributed by atoms with Crippen LogP contribution in [0.1, 0.15) is 10.4 Å². The van der Waals surface area contributed by atoms with Crippen molar-refractivity contribution in [1.29, 1.82) is 0 Å². The van der Waals surface area contributed by atoms with Crippen molar-refractivity contribution < 1.29 is 18.3 Å². The Kier molecular flexibility index (Phi) is 3.63. The van der Waals surface area contributed by atoms with Gasteiger partial charge in [0.25, 0.3) is 15.6 Å². The second-order valence-electron chi connectivity index (χ2n) is 3.97. The van der Waals surface area contributed by atoms with Gasteiger partial charge in [-0.3, -0.25) is 9.52 Å². The van der Waals surface area contributed by atoms with Crippen molar-refractivity contribution in [3.8, 4) is 0 Å². The highest BCUT2D eigenvalue weighted by Crippen LogP contribution is 2.21. The number of nitrogens with two attached hydrogens (primary N) is 1. The summed E-state index contributed by atoms with van der Waals surface area (Å²) >= 11 is 0. The van der Waals surface area contributed by atoms with Crippen molar-refractivity contribution in [1.82, 2.24) is 10.2 Å². The first-order valence-electron chi connectivity index (χ1n) is 5.51. The number of nitrogen functional groups attached to an aromatic ring is 1. The molecular weight excluding hydrogens is 300 g/mol. The number of nitrogens with zero attached hydrogens (tertiary/aromatic N) is 1. The summed E-state index contributed by atoms with van der Waals surface area (Å²) in [6.45, 7) is 0. The first-order valence-corrected chi connectivity index (χ1v) is 6.99. The SMILES string of the molecule is Nc1ccc(S(=O)(=O)Nc2ccc(=O)[nH]n2)c(C(=O)O)c1. The summed E-state index contributed by atoms with van der Waals surface area (Å²) in [6.07, 6.45) is 0. The number of sulfonamides is 1. The van der Waals surface area contributed by atoms with Crippen molar-refractivity contribution in [2.24, 2.45) is 0 Å². The average Bonchev–Trinajstić information content (AvgIpc) is 2.40. The Bertz CT molecular complexity index is 839. The molecule has 0 saturated carbocycles. The molecular formula is C11H10N4O5S. The Hall–Kier alpha value is -2.88. The maximum absolute atomic E-state index is 12.2. The van der Waals surface area contributed by atoms with Gasteiger partial charge >= 0.3 is 5.97 Å². The van der Waals surface area contributed by atoms with E-state index in [2.05, 4.69) is 14.9 Å². The first-order chi connectivity index (χ1) is 9.79. The molecule has 1 aromatic carbocycles. The Morgan fingerprint density at radius 2 is 2.00 bits per heavy atom. The summed E-state index contributed by atoms with van der Waals surface area (Å²) in [5, 5.41) is 14.6. The molecule has 0 spiro atoms. The number of rotatable bonds is 4. The number of aromatic carboxylic acids is 1. The molecule has 9 nitrogen and oxygen atoms in total. The van der Waals surface area contributed by atoms with E-state index < -0.39 is 32.0 Å². The number of carboxylic acid groups (broad SMARTS) is 1. The molecule has 0 amide bonds. The molecule has 0 radical (unpaired) electrons. The maximum Gasteiger partial charge on any atom is 0.337 e. The molecule has 0 aliphatic heterocycles. The fourth-order valence-corrected chi connectivity index (χ4v) is 2.72. The van der Waals surface area contributed by atoms with Gasteiger partial charge in [-0.2, -0.15) is 5.10 Å². The molecule has 21 heavy (non-hydrogen) atoms. The van der Waals surface area contributed by atoms with Crippen LogP contribution >= 0.6 is 0 Å². The monoisotopic (exact) mass is 310 g/mol. The number of benzene rings is 1. The zero-order valence-corrected chi connectivity index (χ0v) is 11.2. The van der Waals surface area contributed by atoms with Gasteiger partial charge in [0, 0.05) is 11.8 Å². The van der Waals surface area contributed by atoms with E-state index in [4.69, 9.17) is 10.8 Å². The van der Waals surface area contributed by atoms with Crippen LogP contribution in [0.15, 0.2) is 40.0 Å². The molecule has 110 valence electrons. The number of anilines is 2. The fourth-order valence-electron chi connectivity index (χ4n) is 1.54. The van der Waals surface area contributed by atoms with E-state index in [-0.39, 0.29) is 11.5 Å². The van der Waals surface area contributed by atoms with Crippen LogP contribution < -0.4 is 16.0 Å². The zero-order chi connectivity index (χ0) is 15.6. The predicted octanol–water partition coefficient (Wildman–Crippen LogP) is -0.149. The van der Waals surface area contributed by atoms with Gasteiger partial charge in [0.2, 0.25) is 0 Å². The van der Waals surface area contributed by atoms with E-state index in [9.17, 15) is 18.0 Å². The Morgan fingerprint density at radius 3 is 2.57 bits per heavy atom. The van der Waals surface area contributed by atoms with Crippen LogP contribution in [0.3, 0.4) is 0 Å². The molecule has 0 unspecified atom stereocenters. The number of carbonyl (C=O) groups is 1. The summed E-state index contributed by atoms with van der Waals surface area (Å²) in [5.74, 6) is -1.58. The number of hydrogen-bond donors (Lipinski definition) is 4. The number of H-pyrrole nitrogens is 1. The molecule has 0 fully saturated rings. The highest BCUT2D eigenvalue weighted by atomic mass is 32.2. The predicted molar refractivity (Wildman–Crippen MR) is 73.5 cm³/mol. The largest absolute Gasteiger partial charge is 0.478 e. The van der Waals surface area contributed by atoms with Crippen LogP contribution in [-0.2, 0) is 10.0 Å². The fraction of sp³-hybridized carbons (Fsp3) is 0. The molecule has 5 N–H and O–H groups in total. The normalized spacial score (nSPS) is 11.0. The van der Waals surface area contributed by atoms with Gasteiger partial charge in [-0.05, 0) is 24.3 Å². The van der Waals surface area contributed by atoms with Crippen molar-refractivity contribution in [2.75, 3.05) is 10.5 Å². The molecule has 1 heterocycles. The van der Waals surface area contributed by atoms with Gasteiger partial charge in [0.15, 0.2) is 5.82 Å². The zero-order valence-electron chi connectivity index (χ0n) is 10.4. The lowest BCUT2D eigenvalue weighted by atomic mass is 10.2. The first kappa shape index (κ1) is 14.5. The topological polar surface area (TPSA) is 155 Å². The molecule has 0 saturated heterocycles. The van der Waals surface area contributed by atoms with Crippen molar-refractivity contribution in [2.45, 2.75) is 4.90 Å². The van der Waals surface area contributed by atoms with Gasteiger partial charge < -0.3 is 10.8 Å². The Balaban J connectivity index is 2.47. The summed E-state index contributed by atoms with van der Waals surface area (Å²) in [7, 11) is -4.19. The van der Waals surface area contributed by atoms with Crippen molar-refractivity contribution >= 4 is 27.5 Å². The molecule has 0 aliphatic rings. The smallest absolute Gasteiger partial charge is 0.337 e. The van der Waals surface area contributed by atoms with E-state index in [1.165, 1.54) is 6.07 Å². The van der Waals surface area contributed by atoms with Crippen molar-refractivity contribution in [3.63, 3.8) is 0 Å². The van der Waals surface area contributed by atoms with E-state index in [1.54, 1.807) is 0 Å². The quantitative estimate of drug-likeness (QED) is 0.572. The standard InChI is InChI=1S/C11H10N4O5S/c12-6-1-2-8(7(5-6)11(17)18)21(19,20)15-9-3-4-10(16)14-13-9/h1-5H,12H2,(H,13,15)(H,14,16)(H,17,18). The average molecular weight is 310 g/mol. The van der Waals surface area contributed by atoms with Gasteiger partial charge in [-0.15, -0.1) is 0 Å². The Labute approximate surface area is 118 Å². The lowest BCUT2D eigenvalue weighted by molar-refractivity contribution is 0.0692. The summed E-state index contributed by atoms with van der Waals surface area (Å²) in [6, 6.07) is 5.60. The number of nitrogens with one attached hydrogen (secondary N) is 2. The van der Waals surface area contributed by atoms with Crippen LogP contribution in [0.5, 0.6) is 0 Å². The minimum absolute atomic E-state index is 0.119. The van der Waals surface area contributed by atoms with E-state index in [1.807, 2.05) is 0 Å². The number of hydrogen-bond acceptors (Lipinski definition) is 6. The third-order valence-corrected chi connectivity index (χ3v) is 3.85. The highest BCUT2D eigenvalue weighted by molar-refractivity contribution is 7.92. The van der Waals surface area contributed by atoms with Crippen LogP contribution in [-0.4, -0.2) is 29.7 Å². The lowest BCUT2D eigenvalue weighted by Gasteiger charge is -2.09. The second kappa shape index (κ2) is 5.25. The maximum atomic E-state index is 12.2. The molecule has 10 heteroatoms. The number of aromatic amines is 1. The molecule has 0 bridgehead atoms. The van der Waals surface area contributed by atoms with Crippen LogP contribution in [0, 0.1) is 0 Å². The molecule has 0 aliphatic carbocycles. The van der Waals surface area contributed by atoms with Gasteiger partial charge in [-0.1, -0.05) is 0 Å². The third kappa shape index (κ3) is 3.17. The lowest BCUT2D eigenvalue weighted by Crippen LogP contribution is -2.19. The number of aromatic nitrogens is 2. The van der Waals surface area contributed by atoms with Crippen LogP contribution in [0.25, 0.3) is 0 Å². The van der Waals surface area contributed by atoms with Crippen LogP contribution in [0.2, 0.25) is 0 Å². The van der Waals surface area contributed by atoms with E-state index in [0.717, 1.165) is 24.3 Å². The van der Waals surface area contributed by atoms with Crippen molar-refractivity contribution in [3.05, 3.63) is 46.2 Å². The summed E-state index contributed by atoms with van der Waals surface area (Å²) in [4.78, 5) is 21.5. The minimum atomic E-state index is -4.19. The van der Waals surface area contributed by atoms with Gasteiger partial charge in [0.1, 0.15) is 4.90 Å². The second-order valence-corrected chi connectivity index (χ2v) is 5.62. The summed E-state index contributed by atoms with van der Waals surface area (Å²) < 4.78 is 26.4. The molecule has 2 rings (SSSR count). The highest BCUT2D eigenvalue weighted by Gasteiger charge is 2.23. The molecule has 0 atom stereocenters. The van der Waals surface area contributed by atoms with Crippen LogP contribution in [0.4, 0.5) is 11.5 Å². The van der Waals surface area contributed by atoms with E-state index in [0.29, 0.717) is 0 Å². The minimum Gasteiger partial charge on any atom is -0.478 e. The number of carboxylic acids is 1. The third-order valence-electron chi connectivity index (χ3n) is 2.44. The van der Waals surface area contributed by atoms with E-state index >= 15 is 0 Å². The molecule has 1 aromatic heterocycles. The molecule has 2 aromatic rings. The summed E-state index contributed by atoms with van der Waals surface area (Å²) in [5.41, 5.74) is 4.60. The van der Waals surface area contributed by atoms with Gasteiger partial charge in [0.05, 0.1) is 5.56 Å². The Morgan fingerprint density at radius 1 is 1.29 bits per heavy atom. The van der Waals surface area contributed by atoms with Gasteiger partial charge in [-0.25, -0.2) is 18.3 Å².